The molecule has 2 N–H and O–H groups in total. The highest BCUT2D eigenvalue weighted by molar-refractivity contribution is 5.97. The summed E-state index contributed by atoms with van der Waals surface area (Å²) in [6.45, 7) is 0.414. The zero-order valence-electron chi connectivity index (χ0n) is 11.5. The van der Waals surface area contributed by atoms with Crippen molar-refractivity contribution < 1.29 is 9.59 Å². The highest BCUT2D eigenvalue weighted by atomic mass is 16.2. The summed E-state index contributed by atoms with van der Waals surface area (Å²) in [5, 5.41) is 0. The Hall–Kier alpha value is -2.62. The Morgan fingerprint density at radius 3 is 2.24 bits per heavy atom. The van der Waals surface area contributed by atoms with E-state index < -0.39 is 11.9 Å². The van der Waals surface area contributed by atoms with Crippen LogP contribution in [0.15, 0.2) is 54.6 Å². The fourth-order valence-corrected chi connectivity index (χ4v) is 2.74. The maximum absolute atomic E-state index is 12.6. The van der Waals surface area contributed by atoms with Crippen LogP contribution in [0.4, 0.5) is 0 Å². The second-order valence-corrected chi connectivity index (χ2v) is 5.19. The highest BCUT2D eigenvalue weighted by Gasteiger charge is 2.33. The Balaban J connectivity index is 1.96. The van der Waals surface area contributed by atoms with E-state index in [4.69, 9.17) is 5.73 Å². The summed E-state index contributed by atoms with van der Waals surface area (Å²) >= 11 is 0. The van der Waals surface area contributed by atoms with Gasteiger partial charge in [-0.1, -0.05) is 42.5 Å². The van der Waals surface area contributed by atoms with Gasteiger partial charge in [-0.3, -0.25) is 9.59 Å². The molecule has 0 aliphatic carbocycles. The monoisotopic (exact) mass is 280 g/mol. The molecule has 0 saturated heterocycles. The predicted molar refractivity (Wildman–Crippen MR) is 79.4 cm³/mol. The molecule has 21 heavy (non-hydrogen) atoms. The van der Waals surface area contributed by atoms with Crippen LogP contribution in [0.25, 0.3) is 0 Å². The minimum atomic E-state index is -0.590. The van der Waals surface area contributed by atoms with Gasteiger partial charge in [-0.2, -0.15) is 0 Å². The van der Waals surface area contributed by atoms with Gasteiger partial charge >= 0.3 is 0 Å². The third-order valence-corrected chi connectivity index (χ3v) is 3.86. The van der Waals surface area contributed by atoms with Gasteiger partial charge in [0.2, 0.25) is 5.91 Å². The summed E-state index contributed by atoms with van der Waals surface area (Å²) in [6.07, 6.45) is 0.476. The predicted octanol–water partition coefficient (Wildman–Crippen LogP) is 1.74. The average molecular weight is 280 g/mol. The maximum Gasteiger partial charge on any atom is 0.254 e. The molecular formula is C17H16N2O2. The van der Waals surface area contributed by atoms with Gasteiger partial charge in [-0.15, -0.1) is 0 Å². The second kappa shape index (κ2) is 5.40. The third kappa shape index (κ3) is 2.52. The van der Waals surface area contributed by atoms with E-state index in [2.05, 4.69) is 0 Å². The van der Waals surface area contributed by atoms with E-state index in [1.165, 1.54) is 0 Å². The van der Waals surface area contributed by atoms with E-state index in [0.29, 0.717) is 18.5 Å². The standard InChI is InChI=1S/C17H16N2O2/c18-16(20)15-10-13-8-4-5-9-14(13)11-19(15)17(21)12-6-2-1-3-7-12/h1-9,15H,10-11H2,(H2,18,20)/t15-/m0/s1. The molecule has 106 valence electrons. The molecule has 0 unspecified atom stereocenters. The number of amides is 2. The summed E-state index contributed by atoms with van der Waals surface area (Å²) in [7, 11) is 0. The molecule has 1 atom stereocenters. The van der Waals surface area contributed by atoms with Gasteiger partial charge in [-0.05, 0) is 23.3 Å². The molecule has 4 nitrogen and oxygen atoms in total. The first kappa shape index (κ1) is 13.4. The molecule has 2 aromatic rings. The number of fused-ring (bicyclic) bond motifs is 1. The second-order valence-electron chi connectivity index (χ2n) is 5.19. The van der Waals surface area contributed by atoms with Crippen molar-refractivity contribution >= 4 is 11.8 Å². The van der Waals surface area contributed by atoms with E-state index in [1.54, 1.807) is 17.0 Å². The van der Waals surface area contributed by atoms with Crippen molar-refractivity contribution in [2.45, 2.75) is 19.0 Å². The van der Waals surface area contributed by atoms with Crippen LogP contribution in [0.5, 0.6) is 0 Å². The van der Waals surface area contributed by atoms with E-state index in [1.807, 2.05) is 42.5 Å². The van der Waals surface area contributed by atoms with Crippen LogP contribution in [-0.2, 0) is 17.8 Å². The van der Waals surface area contributed by atoms with Crippen LogP contribution in [0, 0.1) is 0 Å². The topological polar surface area (TPSA) is 63.4 Å². The van der Waals surface area contributed by atoms with E-state index >= 15 is 0 Å². The Morgan fingerprint density at radius 2 is 1.57 bits per heavy atom. The molecule has 0 spiro atoms. The normalized spacial score (nSPS) is 17.1. The zero-order valence-corrected chi connectivity index (χ0v) is 11.5. The number of nitrogens with two attached hydrogens (primary N) is 1. The number of nitrogens with zero attached hydrogens (tertiary/aromatic N) is 1. The molecule has 4 heteroatoms. The number of carbonyl (C=O) groups is 2. The van der Waals surface area contributed by atoms with Crippen molar-refractivity contribution in [2.75, 3.05) is 0 Å². The summed E-state index contributed by atoms with van der Waals surface area (Å²) in [5.74, 6) is -0.623. The number of hydrogen-bond acceptors (Lipinski definition) is 2. The van der Waals surface area contributed by atoms with Crippen LogP contribution in [0.3, 0.4) is 0 Å². The van der Waals surface area contributed by atoms with E-state index in [0.717, 1.165) is 11.1 Å². The van der Waals surface area contributed by atoms with Gasteiger partial charge in [0.15, 0.2) is 0 Å². The van der Waals surface area contributed by atoms with Crippen molar-refractivity contribution in [3.05, 3.63) is 71.3 Å². The molecule has 0 aromatic heterocycles. The number of benzene rings is 2. The third-order valence-electron chi connectivity index (χ3n) is 3.86. The maximum atomic E-state index is 12.6. The Kier molecular flexibility index (Phi) is 3.44. The number of hydrogen-bond donors (Lipinski definition) is 1. The summed E-state index contributed by atoms with van der Waals surface area (Å²) in [5.41, 5.74) is 8.22. The molecule has 2 amide bonds. The minimum Gasteiger partial charge on any atom is -0.368 e. The largest absolute Gasteiger partial charge is 0.368 e. The Bertz CT molecular complexity index is 682. The van der Waals surface area contributed by atoms with Crippen molar-refractivity contribution in [1.29, 1.82) is 0 Å². The van der Waals surface area contributed by atoms with Gasteiger partial charge in [0.25, 0.3) is 5.91 Å². The molecule has 2 aromatic carbocycles. The summed E-state index contributed by atoms with van der Waals surface area (Å²) in [4.78, 5) is 26.0. The lowest BCUT2D eigenvalue weighted by Gasteiger charge is -2.35. The lowest BCUT2D eigenvalue weighted by atomic mass is 9.93. The fraction of sp³-hybridized carbons (Fsp3) is 0.176. The first-order valence-electron chi connectivity index (χ1n) is 6.89. The van der Waals surface area contributed by atoms with Gasteiger partial charge in [0, 0.05) is 18.5 Å². The first-order valence-corrected chi connectivity index (χ1v) is 6.89. The van der Waals surface area contributed by atoms with Gasteiger partial charge in [0.05, 0.1) is 0 Å². The Labute approximate surface area is 123 Å². The first-order chi connectivity index (χ1) is 10.2. The molecule has 1 aliphatic heterocycles. The molecule has 0 fully saturated rings. The number of carbonyl (C=O) groups excluding carboxylic acids is 2. The van der Waals surface area contributed by atoms with Crippen molar-refractivity contribution in [3.63, 3.8) is 0 Å². The quantitative estimate of drug-likeness (QED) is 0.910. The lowest BCUT2D eigenvalue weighted by Crippen LogP contribution is -2.51. The minimum absolute atomic E-state index is 0.158. The number of rotatable bonds is 2. The fourth-order valence-electron chi connectivity index (χ4n) is 2.74. The number of primary amides is 1. The van der Waals surface area contributed by atoms with Crippen molar-refractivity contribution in [3.8, 4) is 0 Å². The molecule has 0 bridgehead atoms. The zero-order chi connectivity index (χ0) is 14.8. The summed E-state index contributed by atoms with van der Waals surface area (Å²) in [6, 6.07) is 16.2. The van der Waals surface area contributed by atoms with Gasteiger partial charge < -0.3 is 10.6 Å². The van der Waals surface area contributed by atoms with Crippen LogP contribution in [0.1, 0.15) is 21.5 Å². The SMILES string of the molecule is NC(=O)[C@@H]1Cc2ccccc2CN1C(=O)c1ccccc1. The lowest BCUT2D eigenvalue weighted by molar-refractivity contribution is -0.122. The van der Waals surface area contributed by atoms with Crippen LogP contribution in [0.2, 0.25) is 0 Å². The molecule has 1 aliphatic rings. The Morgan fingerprint density at radius 1 is 0.952 bits per heavy atom. The van der Waals surface area contributed by atoms with E-state index in [-0.39, 0.29) is 5.91 Å². The van der Waals surface area contributed by atoms with Gasteiger partial charge in [0.1, 0.15) is 6.04 Å². The highest BCUT2D eigenvalue weighted by Crippen LogP contribution is 2.24. The molecule has 0 radical (unpaired) electrons. The molecule has 3 rings (SSSR count). The van der Waals surface area contributed by atoms with Gasteiger partial charge in [-0.25, -0.2) is 0 Å². The molecule has 0 saturated carbocycles. The molecule has 1 heterocycles. The molecular weight excluding hydrogens is 264 g/mol. The van der Waals surface area contributed by atoms with Crippen molar-refractivity contribution in [2.24, 2.45) is 5.73 Å². The van der Waals surface area contributed by atoms with Crippen molar-refractivity contribution in [1.82, 2.24) is 4.90 Å². The summed E-state index contributed by atoms with van der Waals surface area (Å²) < 4.78 is 0. The average Bonchev–Trinajstić information content (AvgIpc) is 2.53. The smallest absolute Gasteiger partial charge is 0.254 e. The van der Waals surface area contributed by atoms with Crippen LogP contribution < -0.4 is 5.73 Å². The van der Waals surface area contributed by atoms with Crippen LogP contribution >= 0.6 is 0 Å². The van der Waals surface area contributed by atoms with Crippen LogP contribution in [-0.4, -0.2) is 22.8 Å². The van der Waals surface area contributed by atoms with E-state index in [9.17, 15) is 9.59 Å².